The first-order valence-corrected chi connectivity index (χ1v) is 12.6. The molecule has 4 aliphatic rings. The van der Waals surface area contributed by atoms with Crippen LogP contribution in [0.1, 0.15) is 18.4 Å². The molecule has 1 spiro atoms. The molecule has 5 unspecified atom stereocenters. The topological polar surface area (TPSA) is 72.9 Å². The average Bonchev–Trinajstić information content (AvgIpc) is 3.40. The van der Waals surface area contributed by atoms with Crippen molar-refractivity contribution in [2.24, 2.45) is 11.8 Å². The number of amides is 2. The van der Waals surface area contributed by atoms with Crippen molar-refractivity contribution in [1.82, 2.24) is 4.90 Å². The molecule has 0 saturated carbocycles. The van der Waals surface area contributed by atoms with Crippen LogP contribution >= 0.6 is 55.1 Å². The Labute approximate surface area is 211 Å². The van der Waals surface area contributed by atoms with Gasteiger partial charge in [-0.2, -0.15) is 0 Å². The van der Waals surface area contributed by atoms with Gasteiger partial charge in [0.2, 0.25) is 11.8 Å². The molecule has 0 aliphatic carbocycles. The Morgan fingerprint density at radius 2 is 1.78 bits per heavy atom. The molecule has 3 fully saturated rings. The second-order valence-corrected chi connectivity index (χ2v) is 11.4. The highest BCUT2D eigenvalue weighted by atomic mass is 79.9. The van der Waals surface area contributed by atoms with Crippen molar-refractivity contribution in [3.05, 3.63) is 54.9 Å². The first-order valence-electron chi connectivity index (χ1n) is 10.3. The molecule has 5 atom stereocenters. The predicted octanol–water partition coefficient (Wildman–Crippen LogP) is 4.74. The van der Waals surface area contributed by atoms with Crippen LogP contribution in [0.4, 0.5) is 11.4 Å². The lowest BCUT2D eigenvalue weighted by atomic mass is 9.75. The molecule has 166 valence electrons. The van der Waals surface area contributed by atoms with Crippen molar-refractivity contribution < 1.29 is 14.7 Å². The van der Waals surface area contributed by atoms with Crippen molar-refractivity contribution >= 4 is 78.3 Å². The summed E-state index contributed by atoms with van der Waals surface area (Å²) in [4.78, 5) is 31.1. The van der Waals surface area contributed by atoms with Gasteiger partial charge in [-0.15, -0.1) is 0 Å². The number of anilines is 2. The van der Waals surface area contributed by atoms with E-state index in [1.807, 2.05) is 12.1 Å². The van der Waals surface area contributed by atoms with Gasteiger partial charge in [-0.3, -0.25) is 14.5 Å². The molecule has 4 aliphatic heterocycles. The van der Waals surface area contributed by atoms with Gasteiger partial charge < -0.3 is 10.4 Å². The highest BCUT2D eigenvalue weighted by Gasteiger charge is 2.74. The molecule has 0 aromatic heterocycles. The molecule has 32 heavy (non-hydrogen) atoms. The van der Waals surface area contributed by atoms with Gasteiger partial charge in [0.1, 0.15) is 11.8 Å². The minimum atomic E-state index is -1.04. The molecule has 2 aromatic carbocycles. The normalized spacial score (nSPS) is 33.1. The van der Waals surface area contributed by atoms with Crippen LogP contribution in [-0.4, -0.2) is 40.6 Å². The number of benzene rings is 2. The predicted molar refractivity (Wildman–Crippen MR) is 129 cm³/mol. The number of rotatable bonds is 1. The maximum Gasteiger partial charge on any atom is 0.240 e. The van der Waals surface area contributed by atoms with E-state index < -0.39 is 23.6 Å². The Hall–Kier alpha value is -1.16. The number of nitrogens with one attached hydrogen (secondary N) is 1. The number of aliphatic hydroxyl groups is 1. The van der Waals surface area contributed by atoms with Crippen molar-refractivity contribution in [1.29, 1.82) is 0 Å². The van der Waals surface area contributed by atoms with E-state index in [0.29, 0.717) is 22.3 Å². The van der Waals surface area contributed by atoms with Crippen molar-refractivity contribution in [3.8, 4) is 0 Å². The molecule has 2 aromatic rings. The minimum Gasteiger partial charge on any atom is -0.371 e. The summed E-state index contributed by atoms with van der Waals surface area (Å²) in [7, 11) is 0. The van der Waals surface area contributed by atoms with Gasteiger partial charge in [-0.25, -0.2) is 4.90 Å². The van der Waals surface area contributed by atoms with E-state index in [1.165, 1.54) is 4.90 Å². The van der Waals surface area contributed by atoms with Crippen LogP contribution in [-0.2, 0) is 15.1 Å². The first kappa shape index (κ1) is 21.4. The summed E-state index contributed by atoms with van der Waals surface area (Å²) >= 11 is 19.5. The van der Waals surface area contributed by atoms with Crippen molar-refractivity contribution in [3.63, 3.8) is 0 Å². The Morgan fingerprint density at radius 3 is 2.50 bits per heavy atom. The summed E-state index contributed by atoms with van der Waals surface area (Å²) in [6, 6.07) is 8.43. The summed E-state index contributed by atoms with van der Waals surface area (Å²) in [6.45, 7) is 0.712. The molecule has 10 heteroatoms. The van der Waals surface area contributed by atoms with Crippen LogP contribution in [0.3, 0.4) is 0 Å². The number of carbonyl (C=O) groups is 2. The van der Waals surface area contributed by atoms with E-state index in [-0.39, 0.29) is 17.9 Å². The summed E-state index contributed by atoms with van der Waals surface area (Å²) in [5.74, 6) is -1.88. The monoisotopic (exact) mass is 599 g/mol. The Balaban J connectivity index is 1.57. The molecular formula is C22H17Br2Cl2N3O3. The van der Waals surface area contributed by atoms with Gasteiger partial charge in [-0.05, 0) is 65.6 Å². The van der Waals surface area contributed by atoms with Crippen LogP contribution in [0.15, 0.2) is 39.3 Å². The molecular weight excluding hydrogens is 585 g/mol. The van der Waals surface area contributed by atoms with Crippen LogP contribution < -0.4 is 10.2 Å². The second kappa shape index (κ2) is 7.17. The third kappa shape index (κ3) is 2.59. The maximum atomic E-state index is 14.0. The third-order valence-electron chi connectivity index (χ3n) is 7.30. The van der Waals surface area contributed by atoms with Crippen LogP contribution in [0.2, 0.25) is 10.0 Å². The summed E-state index contributed by atoms with van der Waals surface area (Å²) in [6.07, 6.45) is 0.652. The van der Waals surface area contributed by atoms with Crippen LogP contribution in [0, 0.1) is 11.8 Å². The molecule has 2 N–H and O–H groups in total. The zero-order valence-corrected chi connectivity index (χ0v) is 21.2. The number of imide groups is 1. The number of carbonyl (C=O) groups excluding carboxylic acids is 2. The standard InChI is InChI=1S/C22H17Br2Cl2N3O3/c23-9-4-13-18(14(24)5-9)27-21(32)22(13)17-16(15-2-1-3-28(15)22)19(30)29(20(17)31)12-7-10(25)6-11(26)8-12/h4-8,15-17,21,27,32H,1-3H2. The van der Waals surface area contributed by atoms with Gasteiger partial charge >= 0.3 is 0 Å². The van der Waals surface area contributed by atoms with Gasteiger partial charge in [0.25, 0.3) is 0 Å². The van der Waals surface area contributed by atoms with Gasteiger partial charge in [0.05, 0.1) is 23.2 Å². The summed E-state index contributed by atoms with van der Waals surface area (Å²) < 4.78 is 1.61. The quantitative estimate of drug-likeness (QED) is 0.462. The fraction of sp³-hybridized carbons (Fsp3) is 0.364. The largest absolute Gasteiger partial charge is 0.371 e. The van der Waals surface area contributed by atoms with E-state index in [0.717, 1.165) is 33.0 Å². The first-order chi connectivity index (χ1) is 15.2. The lowest BCUT2D eigenvalue weighted by molar-refractivity contribution is -0.127. The van der Waals surface area contributed by atoms with Crippen molar-refractivity contribution in [2.45, 2.75) is 30.7 Å². The van der Waals surface area contributed by atoms with Gasteiger partial charge in [-0.1, -0.05) is 39.1 Å². The summed E-state index contributed by atoms with van der Waals surface area (Å²) in [5, 5.41) is 15.3. The highest BCUT2D eigenvalue weighted by molar-refractivity contribution is 9.11. The molecule has 6 rings (SSSR count). The average molecular weight is 602 g/mol. The number of halogens is 4. The number of hydrogen-bond acceptors (Lipinski definition) is 5. The van der Waals surface area contributed by atoms with E-state index in [1.54, 1.807) is 18.2 Å². The van der Waals surface area contributed by atoms with E-state index in [9.17, 15) is 14.7 Å². The number of aliphatic hydroxyl groups excluding tert-OH is 1. The molecule has 6 nitrogen and oxygen atoms in total. The Morgan fingerprint density at radius 1 is 1.06 bits per heavy atom. The zero-order chi connectivity index (χ0) is 22.5. The smallest absolute Gasteiger partial charge is 0.240 e. The van der Waals surface area contributed by atoms with Crippen molar-refractivity contribution in [2.75, 3.05) is 16.8 Å². The maximum absolute atomic E-state index is 14.0. The van der Waals surface area contributed by atoms with E-state index >= 15 is 0 Å². The van der Waals surface area contributed by atoms with Crippen LogP contribution in [0.25, 0.3) is 0 Å². The summed E-state index contributed by atoms with van der Waals surface area (Å²) in [5.41, 5.74) is 0.883. The lowest BCUT2D eigenvalue weighted by Crippen LogP contribution is -2.56. The zero-order valence-electron chi connectivity index (χ0n) is 16.5. The number of nitrogens with zero attached hydrogens (tertiary/aromatic N) is 2. The number of hydrogen-bond donors (Lipinski definition) is 2. The minimum absolute atomic E-state index is 0.128. The third-order valence-corrected chi connectivity index (χ3v) is 8.82. The second-order valence-electron chi connectivity index (χ2n) is 8.73. The Kier molecular flexibility index (Phi) is 4.79. The Bertz CT molecular complexity index is 1190. The van der Waals surface area contributed by atoms with Gasteiger partial charge in [0, 0.05) is 30.6 Å². The molecule has 0 bridgehead atoms. The van der Waals surface area contributed by atoms with Crippen LogP contribution in [0.5, 0.6) is 0 Å². The SMILES string of the molecule is O=C1C2C3CCCN3C3(c4cc(Br)cc(Br)c4NC3O)C2C(=O)N1c1cc(Cl)cc(Cl)c1. The molecule has 3 saturated heterocycles. The van der Waals surface area contributed by atoms with Gasteiger partial charge in [0.15, 0.2) is 0 Å². The molecule has 0 radical (unpaired) electrons. The molecule has 4 heterocycles. The number of fused-ring (bicyclic) bond motifs is 7. The lowest BCUT2D eigenvalue weighted by Gasteiger charge is -2.41. The molecule has 2 amide bonds. The fourth-order valence-electron chi connectivity index (χ4n) is 6.35. The van der Waals surface area contributed by atoms with E-state index in [4.69, 9.17) is 23.2 Å². The fourth-order valence-corrected chi connectivity index (χ4v) is 8.20. The van der Waals surface area contributed by atoms with E-state index in [2.05, 4.69) is 42.1 Å². The highest BCUT2D eigenvalue weighted by Crippen LogP contribution is 2.63.